The van der Waals surface area contributed by atoms with Crippen molar-refractivity contribution in [3.05, 3.63) is 34.9 Å². The van der Waals surface area contributed by atoms with Crippen LogP contribution in [-0.4, -0.2) is 51.6 Å². The monoisotopic (exact) mass is 368 g/mol. The lowest BCUT2D eigenvalue weighted by Gasteiger charge is -2.36. The van der Waals surface area contributed by atoms with Crippen molar-refractivity contribution in [3.63, 3.8) is 0 Å². The third kappa shape index (κ3) is 4.93. The summed E-state index contributed by atoms with van der Waals surface area (Å²) in [5.41, 5.74) is -1.02. The van der Waals surface area contributed by atoms with E-state index in [1.807, 2.05) is 0 Å². The van der Waals surface area contributed by atoms with E-state index in [0.29, 0.717) is 5.02 Å². The Labute approximate surface area is 150 Å². The molecule has 25 heavy (non-hydrogen) atoms. The summed E-state index contributed by atoms with van der Waals surface area (Å²) in [7, 11) is 0. The number of hydrogen-bond donors (Lipinski definition) is 3. The number of carbonyl (C=O) groups excluding carboxylic acids is 2. The highest BCUT2D eigenvalue weighted by Gasteiger charge is 2.40. The topological polar surface area (TPSA) is 107 Å². The number of rotatable bonds is 5. The molecule has 0 aromatic heterocycles. The molecular weight excluding hydrogens is 348 g/mol. The first-order chi connectivity index (χ1) is 11.7. The maximum Gasteiger partial charge on any atom is 0.335 e. The van der Waals surface area contributed by atoms with Crippen LogP contribution in [0.25, 0.3) is 0 Å². The highest BCUT2D eigenvalue weighted by atomic mass is 35.5. The molecule has 1 fully saturated rings. The molecule has 1 aliphatic heterocycles. The average Bonchev–Trinajstić information content (AvgIpc) is 2.55. The van der Waals surface area contributed by atoms with Crippen molar-refractivity contribution in [2.75, 3.05) is 13.1 Å². The zero-order chi connectivity index (χ0) is 18.6. The number of carboxylic acid groups (broad SMARTS) is 1. The predicted molar refractivity (Wildman–Crippen MR) is 91.0 cm³/mol. The third-order valence-electron chi connectivity index (χ3n) is 4.37. The largest absolute Gasteiger partial charge is 0.479 e. The molecule has 0 aliphatic carbocycles. The quantitative estimate of drug-likeness (QED) is 0.727. The van der Waals surface area contributed by atoms with Crippen LogP contribution in [0.15, 0.2) is 24.3 Å². The van der Waals surface area contributed by atoms with Gasteiger partial charge < -0.3 is 20.4 Å². The Morgan fingerprint density at radius 1 is 1.24 bits per heavy atom. The van der Waals surface area contributed by atoms with Crippen molar-refractivity contribution in [3.8, 4) is 0 Å². The lowest BCUT2D eigenvalue weighted by molar-refractivity contribution is -0.165. The summed E-state index contributed by atoms with van der Waals surface area (Å²) in [5.74, 6) is -1.73. The second-order valence-corrected chi connectivity index (χ2v) is 6.66. The van der Waals surface area contributed by atoms with E-state index in [9.17, 15) is 19.5 Å². The molecule has 1 aliphatic rings. The summed E-state index contributed by atoms with van der Waals surface area (Å²) < 4.78 is 0. The number of aliphatic hydroxyl groups is 1. The molecular formula is C17H21ClN2O5. The molecule has 2 amide bonds. The SMILES string of the molecule is CC(=O)NC(CC(=O)N1CCC(O)(C(=O)O)CC1)c1ccc(Cl)cc1. The Kier molecular flexibility index (Phi) is 6.02. The number of likely N-dealkylation sites (tertiary alicyclic amines) is 1. The van der Waals surface area contributed by atoms with Gasteiger partial charge in [0.2, 0.25) is 11.8 Å². The van der Waals surface area contributed by atoms with E-state index >= 15 is 0 Å². The van der Waals surface area contributed by atoms with Gasteiger partial charge in [-0.25, -0.2) is 4.79 Å². The van der Waals surface area contributed by atoms with Gasteiger partial charge >= 0.3 is 5.97 Å². The smallest absolute Gasteiger partial charge is 0.335 e. The number of carboxylic acids is 1. The molecule has 2 rings (SSSR count). The fourth-order valence-electron chi connectivity index (χ4n) is 2.84. The van der Waals surface area contributed by atoms with Crippen molar-refractivity contribution < 1.29 is 24.6 Å². The highest BCUT2D eigenvalue weighted by Crippen LogP contribution is 2.25. The van der Waals surface area contributed by atoms with Gasteiger partial charge in [0.25, 0.3) is 0 Å². The molecule has 1 aromatic carbocycles. The Morgan fingerprint density at radius 3 is 2.28 bits per heavy atom. The van der Waals surface area contributed by atoms with Crippen LogP contribution >= 0.6 is 11.6 Å². The summed E-state index contributed by atoms with van der Waals surface area (Å²) in [4.78, 5) is 36.6. The minimum Gasteiger partial charge on any atom is -0.479 e. The standard InChI is InChI=1S/C17H21ClN2O5/c1-11(21)19-14(12-2-4-13(18)5-3-12)10-15(22)20-8-6-17(25,7-9-20)16(23)24/h2-5,14,25H,6-10H2,1H3,(H,19,21)(H,23,24). The van der Waals surface area contributed by atoms with Crippen LogP contribution in [0.2, 0.25) is 5.02 Å². The normalized spacial score (nSPS) is 17.6. The summed E-state index contributed by atoms with van der Waals surface area (Å²) in [6, 6.07) is 6.36. The molecule has 1 unspecified atom stereocenters. The van der Waals surface area contributed by atoms with E-state index in [-0.39, 0.29) is 44.2 Å². The van der Waals surface area contributed by atoms with E-state index < -0.39 is 17.6 Å². The summed E-state index contributed by atoms with van der Waals surface area (Å²) in [6.45, 7) is 1.70. The molecule has 7 nitrogen and oxygen atoms in total. The number of piperidine rings is 1. The zero-order valence-corrected chi connectivity index (χ0v) is 14.6. The van der Waals surface area contributed by atoms with Crippen LogP contribution in [0, 0.1) is 0 Å². The molecule has 1 aromatic rings. The van der Waals surface area contributed by atoms with Gasteiger partial charge in [0.05, 0.1) is 12.5 Å². The molecule has 1 atom stereocenters. The number of amides is 2. The van der Waals surface area contributed by atoms with E-state index in [1.165, 1.54) is 11.8 Å². The Balaban J connectivity index is 2.04. The number of nitrogens with zero attached hydrogens (tertiary/aromatic N) is 1. The average molecular weight is 369 g/mol. The number of aliphatic carboxylic acids is 1. The second-order valence-electron chi connectivity index (χ2n) is 6.23. The van der Waals surface area contributed by atoms with Gasteiger partial charge in [0.15, 0.2) is 5.60 Å². The molecule has 136 valence electrons. The number of carbonyl (C=O) groups is 3. The molecule has 3 N–H and O–H groups in total. The van der Waals surface area contributed by atoms with E-state index in [2.05, 4.69) is 5.32 Å². The van der Waals surface area contributed by atoms with Gasteiger partial charge in [-0.3, -0.25) is 9.59 Å². The van der Waals surface area contributed by atoms with Gasteiger partial charge in [-0.2, -0.15) is 0 Å². The van der Waals surface area contributed by atoms with Crippen molar-refractivity contribution in [2.24, 2.45) is 0 Å². The van der Waals surface area contributed by atoms with Gasteiger partial charge in [-0.15, -0.1) is 0 Å². The van der Waals surface area contributed by atoms with Crippen LogP contribution in [-0.2, 0) is 14.4 Å². The molecule has 0 spiro atoms. The molecule has 0 saturated carbocycles. The first kappa shape index (κ1) is 19.2. The maximum absolute atomic E-state index is 12.5. The number of benzene rings is 1. The van der Waals surface area contributed by atoms with Crippen LogP contribution in [0.3, 0.4) is 0 Å². The number of hydrogen-bond acceptors (Lipinski definition) is 4. The zero-order valence-electron chi connectivity index (χ0n) is 13.9. The predicted octanol–water partition coefficient (Wildman–Crippen LogP) is 1.35. The van der Waals surface area contributed by atoms with E-state index in [1.54, 1.807) is 24.3 Å². The first-order valence-corrected chi connectivity index (χ1v) is 8.35. The van der Waals surface area contributed by atoms with Crippen molar-refractivity contribution in [2.45, 2.75) is 37.8 Å². The molecule has 0 bridgehead atoms. The van der Waals surface area contributed by atoms with Gasteiger partial charge in [0, 0.05) is 37.9 Å². The van der Waals surface area contributed by atoms with Crippen LogP contribution in [0.1, 0.15) is 37.8 Å². The molecule has 0 radical (unpaired) electrons. The fourth-order valence-corrected chi connectivity index (χ4v) is 2.96. The lowest BCUT2D eigenvalue weighted by atomic mass is 9.91. The first-order valence-electron chi connectivity index (χ1n) is 7.97. The van der Waals surface area contributed by atoms with Gasteiger partial charge in [-0.1, -0.05) is 23.7 Å². The summed E-state index contributed by atoms with van der Waals surface area (Å²) in [6.07, 6.45) is 0.0202. The third-order valence-corrected chi connectivity index (χ3v) is 4.62. The summed E-state index contributed by atoms with van der Waals surface area (Å²) >= 11 is 5.87. The maximum atomic E-state index is 12.5. The molecule has 1 saturated heterocycles. The van der Waals surface area contributed by atoms with Crippen LogP contribution in [0.4, 0.5) is 0 Å². The van der Waals surface area contributed by atoms with Crippen molar-refractivity contribution >= 4 is 29.4 Å². The highest BCUT2D eigenvalue weighted by molar-refractivity contribution is 6.30. The number of nitrogens with one attached hydrogen (secondary N) is 1. The minimum absolute atomic E-state index is 0.0141. The molecule has 1 heterocycles. The lowest BCUT2D eigenvalue weighted by Crippen LogP contribution is -2.51. The van der Waals surface area contributed by atoms with Crippen molar-refractivity contribution in [1.29, 1.82) is 0 Å². The van der Waals surface area contributed by atoms with Gasteiger partial charge in [-0.05, 0) is 17.7 Å². The fraction of sp³-hybridized carbons (Fsp3) is 0.471. The summed E-state index contributed by atoms with van der Waals surface area (Å²) in [5, 5.41) is 22.3. The van der Waals surface area contributed by atoms with E-state index in [0.717, 1.165) is 5.56 Å². The Bertz CT molecular complexity index is 654. The van der Waals surface area contributed by atoms with Crippen LogP contribution in [0.5, 0.6) is 0 Å². The Morgan fingerprint density at radius 2 is 1.80 bits per heavy atom. The van der Waals surface area contributed by atoms with Crippen LogP contribution < -0.4 is 5.32 Å². The second kappa shape index (κ2) is 7.84. The van der Waals surface area contributed by atoms with Gasteiger partial charge in [0.1, 0.15) is 0 Å². The van der Waals surface area contributed by atoms with E-state index in [4.69, 9.17) is 16.7 Å². The number of halogens is 1. The minimum atomic E-state index is -1.77. The Hall–Kier alpha value is -2.12. The van der Waals surface area contributed by atoms with Crippen molar-refractivity contribution in [1.82, 2.24) is 10.2 Å². The molecule has 8 heteroatoms.